The summed E-state index contributed by atoms with van der Waals surface area (Å²) in [6.45, 7) is 8.99. The smallest absolute Gasteiger partial charge is 0.255 e. The SMILES string of the molecule is CCCCOc1ccc(C(=O)Nc2ccc(Nc3nc(C)cc(C)n3)cc2)cc1OCC. The van der Waals surface area contributed by atoms with Crippen molar-refractivity contribution in [2.45, 2.75) is 40.5 Å². The van der Waals surface area contributed by atoms with Gasteiger partial charge < -0.3 is 20.1 Å². The van der Waals surface area contributed by atoms with Crippen molar-refractivity contribution in [2.24, 2.45) is 0 Å². The lowest BCUT2D eigenvalue weighted by atomic mass is 10.1. The van der Waals surface area contributed by atoms with Gasteiger partial charge in [-0.25, -0.2) is 9.97 Å². The van der Waals surface area contributed by atoms with E-state index < -0.39 is 0 Å². The van der Waals surface area contributed by atoms with E-state index in [2.05, 4.69) is 27.5 Å². The molecule has 3 rings (SSSR count). The van der Waals surface area contributed by atoms with Gasteiger partial charge in [0.05, 0.1) is 13.2 Å². The molecule has 0 unspecified atom stereocenters. The topological polar surface area (TPSA) is 85.4 Å². The van der Waals surface area contributed by atoms with Gasteiger partial charge in [0.2, 0.25) is 5.95 Å². The molecule has 7 heteroatoms. The molecule has 0 atom stereocenters. The van der Waals surface area contributed by atoms with Gasteiger partial charge in [-0.15, -0.1) is 0 Å². The zero-order valence-electron chi connectivity index (χ0n) is 19.1. The Balaban J connectivity index is 1.66. The lowest BCUT2D eigenvalue weighted by Gasteiger charge is -2.13. The number of hydrogen-bond donors (Lipinski definition) is 2. The van der Waals surface area contributed by atoms with Crippen molar-refractivity contribution in [3.05, 3.63) is 65.5 Å². The van der Waals surface area contributed by atoms with Crippen LogP contribution in [0.1, 0.15) is 48.4 Å². The predicted octanol–water partition coefficient (Wildman–Crippen LogP) is 5.67. The molecule has 0 aliphatic carbocycles. The number of ether oxygens (including phenoxy) is 2. The van der Waals surface area contributed by atoms with Crippen molar-refractivity contribution in [3.63, 3.8) is 0 Å². The average Bonchev–Trinajstić information content (AvgIpc) is 2.75. The minimum atomic E-state index is -0.218. The Morgan fingerprint density at radius 1 is 0.875 bits per heavy atom. The summed E-state index contributed by atoms with van der Waals surface area (Å²) in [6.07, 6.45) is 2.02. The van der Waals surface area contributed by atoms with Crippen molar-refractivity contribution in [1.82, 2.24) is 9.97 Å². The lowest BCUT2D eigenvalue weighted by molar-refractivity contribution is 0.102. The Labute approximate surface area is 189 Å². The van der Waals surface area contributed by atoms with Crippen LogP contribution in [0.15, 0.2) is 48.5 Å². The summed E-state index contributed by atoms with van der Waals surface area (Å²) < 4.78 is 11.5. The number of carbonyl (C=O) groups excluding carboxylic acids is 1. The largest absolute Gasteiger partial charge is 0.490 e. The molecule has 7 nitrogen and oxygen atoms in total. The molecule has 0 saturated heterocycles. The van der Waals surface area contributed by atoms with Crippen LogP contribution in [-0.2, 0) is 0 Å². The van der Waals surface area contributed by atoms with Crippen molar-refractivity contribution >= 4 is 23.2 Å². The maximum atomic E-state index is 12.8. The van der Waals surface area contributed by atoms with Crippen LogP contribution in [0.5, 0.6) is 11.5 Å². The maximum absolute atomic E-state index is 12.8. The van der Waals surface area contributed by atoms with E-state index >= 15 is 0 Å². The van der Waals surface area contributed by atoms with Crippen LogP contribution in [0.2, 0.25) is 0 Å². The van der Waals surface area contributed by atoms with E-state index in [1.807, 2.05) is 51.1 Å². The molecule has 1 heterocycles. The van der Waals surface area contributed by atoms with Gasteiger partial charge in [0.15, 0.2) is 11.5 Å². The average molecular weight is 435 g/mol. The van der Waals surface area contributed by atoms with Crippen LogP contribution in [0.4, 0.5) is 17.3 Å². The number of benzene rings is 2. The van der Waals surface area contributed by atoms with E-state index in [1.165, 1.54) is 0 Å². The third kappa shape index (κ3) is 6.44. The van der Waals surface area contributed by atoms with Gasteiger partial charge in [-0.1, -0.05) is 13.3 Å². The number of unbranched alkanes of at least 4 members (excludes halogenated alkanes) is 1. The molecule has 0 radical (unpaired) electrons. The minimum absolute atomic E-state index is 0.218. The number of amides is 1. The molecule has 1 amide bonds. The standard InChI is InChI=1S/C25H30N4O3/c1-5-7-14-32-22-13-8-19(16-23(22)31-6-2)24(30)28-20-9-11-21(12-10-20)29-25-26-17(3)15-18(4)27-25/h8-13,15-16H,5-7,14H2,1-4H3,(H,28,30)(H,26,27,29). The second-order valence-electron chi connectivity index (χ2n) is 7.43. The number of hydrogen-bond acceptors (Lipinski definition) is 6. The second kappa shape index (κ2) is 11.1. The van der Waals surface area contributed by atoms with E-state index in [4.69, 9.17) is 9.47 Å². The fourth-order valence-electron chi connectivity index (χ4n) is 3.11. The van der Waals surface area contributed by atoms with Gasteiger partial charge in [-0.2, -0.15) is 0 Å². The number of aromatic nitrogens is 2. The van der Waals surface area contributed by atoms with Gasteiger partial charge in [-0.3, -0.25) is 4.79 Å². The second-order valence-corrected chi connectivity index (χ2v) is 7.43. The maximum Gasteiger partial charge on any atom is 0.255 e. The molecule has 3 aromatic rings. The van der Waals surface area contributed by atoms with Crippen LogP contribution < -0.4 is 20.1 Å². The van der Waals surface area contributed by atoms with E-state index in [0.29, 0.717) is 41.9 Å². The Morgan fingerprint density at radius 3 is 2.22 bits per heavy atom. The summed E-state index contributed by atoms with van der Waals surface area (Å²) >= 11 is 0. The molecule has 2 aromatic carbocycles. The van der Waals surface area contributed by atoms with Crippen LogP contribution in [0, 0.1) is 13.8 Å². The predicted molar refractivity (Wildman–Crippen MR) is 127 cm³/mol. The van der Waals surface area contributed by atoms with E-state index in [1.54, 1.807) is 18.2 Å². The summed E-state index contributed by atoms with van der Waals surface area (Å²) in [4.78, 5) is 21.5. The Kier molecular flexibility index (Phi) is 8.02. The first-order valence-corrected chi connectivity index (χ1v) is 10.9. The molecular formula is C25H30N4O3. The fourth-order valence-corrected chi connectivity index (χ4v) is 3.11. The Bertz CT molecular complexity index is 1030. The Morgan fingerprint density at radius 2 is 1.56 bits per heavy atom. The molecule has 0 aliphatic rings. The molecule has 0 saturated carbocycles. The van der Waals surface area contributed by atoms with Crippen LogP contribution in [-0.4, -0.2) is 29.1 Å². The third-order valence-electron chi connectivity index (χ3n) is 4.64. The van der Waals surface area contributed by atoms with E-state index in [9.17, 15) is 4.79 Å². The lowest BCUT2D eigenvalue weighted by Crippen LogP contribution is -2.12. The summed E-state index contributed by atoms with van der Waals surface area (Å²) in [5.74, 6) is 1.55. The molecule has 0 spiro atoms. The molecule has 168 valence electrons. The highest BCUT2D eigenvalue weighted by molar-refractivity contribution is 6.04. The first-order valence-electron chi connectivity index (χ1n) is 10.9. The third-order valence-corrected chi connectivity index (χ3v) is 4.64. The molecule has 0 fully saturated rings. The van der Waals surface area contributed by atoms with Crippen molar-refractivity contribution in [1.29, 1.82) is 0 Å². The molecular weight excluding hydrogens is 404 g/mol. The molecule has 2 N–H and O–H groups in total. The first-order chi connectivity index (χ1) is 15.5. The quantitative estimate of drug-likeness (QED) is 0.400. The summed E-state index contributed by atoms with van der Waals surface area (Å²) in [5, 5.41) is 6.10. The van der Waals surface area contributed by atoms with Gasteiger partial charge in [0, 0.05) is 28.3 Å². The van der Waals surface area contributed by atoms with Crippen molar-refractivity contribution in [3.8, 4) is 11.5 Å². The van der Waals surface area contributed by atoms with Crippen LogP contribution in [0.3, 0.4) is 0 Å². The van der Waals surface area contributed by atoms with Crippen LogP contribution in [0.25, 0.3) is 0 Å². The Hall–Kier alpha value is -3.61. The number of nitrogens with one attached hydrogen (secondary N) is 2. The van der Waals surface area contributed by atoms with E-state index in [0.717, 1.165) is 29.9 Å². The minimum Gasteiger partial charge on any atom is -0.490 e. The normalized spacial score (nSPS) is 10.5. The molecule has 0 bridgehead atoms. The summed E-state index contributed by atoms with van der Waals surface area (Å²) in [7, 11) is 0. The number of carbonyl (C=O) groups is 1. The van der Waals surface area contributed by atoms with Gasteiger partial charge >= 0.3 is 0 Å². The molecule has 0 aliphatic heterocycles. The number of aryl methyl sites for hydroxylation is 2. The highest BCUT2D eigenvalue weighted by Crippen LogP contribution is 2.29. The van der Waals surface area contributed by atoms with Crippen molar-refractivity contribution in [2.75, 3.05) is 23.8 Å². The first kappa shape index (κ1) is 23.1. The van der Waals surface area contributed by atoms with Crippen molar-refractivity contribution < 1.29 is 14.3 Å². The highest BCUT2D eigenvalue weighted by atomic mass is 16.5. The monoisotopic (exact) mass is 434 g/mol. The number of rotatable bonds is 10. The number of nitrogens with zero attached hydrogens (tertiary/aromatic N) is 2. The number of anilines is 3. The molecule has 32 heavy (non-hydrogen) atoms. The summed E-state index contributed by atoms with van der Waals surface area (Å²) in [5.41, 5.74) is 3.82. The van der Waals surface area contributed by atoms with Crippen LogP contribution >= 0.6 is 0 Å². The van der Waals surface area contributed by atoms with Gasteiger partial charge in [0.1, 0.15) is 0 Å². The fraction of sp³-hybridized carbons (Fsp3) is 0.320. The zero-order chi connectivity index (χ0) is 22.9. The summed E-state index contributed by atoms with van der Waals surface area (Å²) in [6, 6.07) is 14.6. The van der Waals surface area contributed by atoms with Gasteiger partial charge in [-0.05, 0) is 75.7 Å². The van der Waals surface area contributed by atoms with Gasteiger partial charge in [0.25, 0.3) is 5.91 Å². The van der Waals surface area contributed by atoms with E-state index in [-0.39, 0.29) is 5.91 Å². The zero-order valence-corrected chi connectivity index (χ0v) is 19.1. The molecule has 1 aromatic heterocycles. The highest BCUT2D eigenvalue weighted by Gasteiger charge is 2.12.